The van der Waals surface area contributed by atoms with Crippen LogP contribution in [-0.4, -0.2) is 49.7 Å². The number of ether oxygens (including phenoxy) is 1. The third kappa shape index (κ3) is 4.82. The van der Waals surface area contributed by atoms with Crippen LogP contribution in [0.4, 0.5) is 14.9 Å². The maximum atomic E-state index is 12.8. The number of methoxy groups -OCH3 is 1. The predicted molar refractivity (Wildman–Crippen MR) is 83.2 cm³/mol. The number of likely N-dealkylation sites (tertiary alicyclic amines) is 1. The van der Waals surface area contributed by atoms with E-state index in [0.29, 0.717) is 31.8 Å². The molecule has 1 saturated heterocycles. The number of carbonyl (C=O) groups is 2. The summed E-state index contributed by atoms with van der Waals surface area (Å²) in [6, 6.07) is 4.81. The normalized spacial score (nSPS) is 17.0. The summed E-state index contributed by atoms with van der Waals surface area (Å²) in [7, 11) is 1.55. The zero-order valence-corrected chi connectivity index (χ0v) is 13.0. The quantitative estimate of drug-likeness (QED) is 0.540. The van der Waals surface area contributed by atoms with Crippen LogP contribution >= 0.6 is 0 Å². The van der Waals surface area contributed by atoms with Gasteiger partial charge < -0.3 is 15.0 Å². The average molecular weight is 324 g/mol. The maximum Gasteiger partial charge on any atom is 0.318 e. The molecule has 0 radical (unpaired) electrons. The Morgan fingerprint density at radius 2 is 2.09 bits per heavy atom. The minimum absolute atomic E-state index is 0.276. The van der Waals surface area contributed by atoms with E-state index in [1.54, 1.807) is 7.11 Å². The number of carbonyl (C=O) groups excluding carboxylic acids is 2. The minimum atomic E-state index is -0.523. The summed E-state index contributed by atoms with van der Waals surface area (Å²) in [6.45, 7) is 1.35. The first-order valence-corrected chi connectivity index (χ1v) is 7.46. The molecular formula is C15H21FN4O3. The highest BCUT2D eigenvalue weighted by Gasteiger charge is 2.33. The molecule has 8 heteroatoms. The van der Waals surface area contributed by atoms with Gasteiger partial charge in [-0.25, -0.2) is 9.18 Å². The van der Waals surface area contributed by atoms with Gasteiger partial charge in [0.15, 0.2) is 0 Å². The summed E-state index contributed by atoms with van der Waals surface area (Å²) in [6.07, 6.45) is 1.38. The van der Waals surface area contributed by atoms with Gasteiger partial charge in [0.1, 0.15) is 11.9 Å². The molecule has 1 atom stereocenters. The molecule has 7 nitrogen and oxygen atoms in total. The molecule has 1 aromatic carbocycles. The highest BCUT2D eigenvalue weighted by Crippen LogP contribution is 2.17. The fraction of sp³-hybridized carbons (Fsp3) is 0.467. The second-order valence-corrected chi connectivity index (χ2v) is 5.20. The lowest BCUT2D eigenvalue weighted by Crippen LogP contribution is -2.51. The first kappa shape index (κ1) is 17.0. The number of halogens is 1. The van der Waals surface area contributed by atoms with Crippen molar-refractivity contribution in [2.75, 3.05) is 32.2 Å². The number of hydrazine groups is 1. The predicted octanol–water partition coefficient (Wildman–Crippen LogP) is 1.09. The van der Waals surface area contributed by atoms with Gasteiger partial charge >= 0.3 is 6.03 Å². The van der Waals surface area contributed by atoms with Crippen LogP contribution in [-0.2, 0) is 9.53 Å². The third-order valence-corrected chi connectivity index (χ3v) is 3.57. The molecule has 1 heterocycles. The number of nitrogens with one attached hydrogen (secondary N) is 3. The Bertz CT molecular complexity index is 538. The van der Waals surface area contributed by atoms with E-state index >= 15 is 0 Å². The van der Waals surface area contributed by atoms with Crippen LogP contribution in [0.15, 0.2) is 24.3 Å². The summed E-state index contributed by atoms with van der Waals surface area (Å²) in [5.41, 5.74) is 5.83. The van der Waals surface area contributed by atoms with E-state index in [0.717, 1.165) is 6.42 Å². The van der Waals surface area contributed by atoms with Crippen molar-refractivity contribution in [3.8, 4) is 0 Å². The number of hydrogen-bond acceptors (Lipinski definition) is 4. The molecule has 3 amide bonds. The molecule has 1 fully saturated rings. The number of urea groups is 1. The Labute approximate surface area is 134 Å². The standard InChI is InChI=1S/C15H21FN4O3/c1-23-10-8-17-15(22)20-9-2-3-13(20)14(21)19-18-12-6-4-11(16)5-7-12/h4-7,13,18H,2-3,8-10H2,1H3,(H,17,22)(H,19,21). The molecule has 1 aliphatic heterocycles. The summed E-state index contributed by atoms with van der Waals surface area (Å²) in [4.78, 5) is 25.8. The Balaban J connectivity index is 1.84. The molecule has 0 saturated carbocycles. The number of hydrogen-bond donors (Lipinski definition) is 3. The Hall–Kier alpha value is -2.35. The van der Waals surface area contributed by atoms with Crippen molar-refractivity contribution in [1.29, 1.82) is 0 Å². The van der Waals surface area contributed by atoms with Crippen LogP contribution < -0.4 is 16.2 Å². The lowest BCUT2D eigenvalue weighted by molar-refractivity contribution is -0.124. The molecule has 0 spiro atoms. The first-order valence-electron chi connectivity index (χ1n) is 7.46. The molecule has 3 N–H and O–H groups in total. The molecule has 1 unspecified atom stereocenters. The van der Waals surface area contributed by atoms with Gasteiger partial charge in [0.2, 0.25) is 0 Å². The number of rotatable bonds is 6. The van der Waals surface area contributed by atoms with Crippen LogP contribution in [0, 0.1) is 5.82 Å². The first-order chi connectivity index (χ1) is 11.1. The number of nitrogens with zero attached hydrogens (tertiary/aromatic N) is 1. The van der Waals surface area contributed by atoms with Crippen molar-refractivity contribution in [2.45, 2.75) is 18.9 Å². The molecule has 0 aromatic heterocycles. The van der Waals surface area contributed by atoms with Crippen molar-refractivity contribution in [1.82, 2.24) is 15.6 Å². The lowest BCUT2D eigenvalue weighted by atomic mass is 10.2. The van der Waals surface area contributed by atoms with Gasteiger partial charge in [-0.2, -0.15) is 0 Å². The van der Waals surface area contributed by atoms with Crippen molar-refractivity contribution in [2.24, 2.45) is 0 Å². The highest BCUT2D eigenvalue weighted by molar-refractivity contribution is 5.88. The van der Waals surface area contributed by atoms with E-state index in [-0.39, 0.29) is 17.8 Å². The SMILES string of the molecule is COCCNC(=O)N1CCCC1C(=O)NNc1ccc(F)cc1. The van der Waals surface area contributed by atoms with E-state index in [4.69, 9.17) is 4.74 Å². The Morgan fingerprint density at radius 1 is 1.35 bits per heavy atom. The minimum Gasteiger partial charge on any atom is -0.383 e. The van der Waals surface area contributed by atoms with Gasteiger partial charge in [-0.15, -0.1) is 0 Å². The zero-order chi connectivity index (χ0) is 16.7. The molecule has 1 aliphatic rings. The van der Waals surface area contributed by atoms with E-state index in [1.807, 2.05) is 0 Å². The zero-order valence-electron chi connectivity index (χ0n) is 13.0. The van der Waals surface area contributed by atoms with Crippen LogP contribution in [0.5, 0.6) is 0 Å². The topological polar surface area (TPSA) is 82.7 Å². The van der Waals surface area contributed by atoms with E-state index in [9.17, 15) is 14.0 Å². The van der Waals surface area contributed by atoms with Crippen LogP contribution in [0.1, 0.15) is 12.8 Å². The largest absolute Gasteiger partial charge is 0.383 e. The monoisotopic (exact) mass is 324 g/mol. The van der Waals surface area contributed by atoms with Crippen LogP contribution in [0.2, 0.25) is 0 Å². The van der Waals surface area contributed by atoms with Gasteiger partial charge in [0.05, 0.1) is 12.3 Å². The summed E-state index contributed by atoms with van der Waals surface area (Å²) < 4.78 is 17.7. The van der Waals surface area contributed by atoms with Crippen LogP contribution in [0.3, 0.4) is 0 Å². The van der Waals surface area contributed by atoms with E-state index in [2.05, 4.69) is 16.2 Å². The van der Waals surface area contributed by atoms with E-state index in [1.165, 1.54) is 29.2 Å². The fourth-order valence-corrected chi connectivity index (χ4v) is 2.39. The van der Waals surface area contributed by atoms with Gasteiger partial charge in [-0.1, -0.05) is 0 Å². The van der Waals surface area contributed by atoms with Crippen molar-refractivity contribution in [3.63, 3.8) is 0 Å². The third-order valence-electron chi connectivity index (χ3n) is 3.57. The number of benzene rings is 1. The van der Waals surface area contributed by atoms with E-state index < -0.39 is 6.04 Å². The van der Waals surface area contributed by atoms with Crippen molar-refractivity contribution in [3.05, 3.63) is 30.1 Å². The highest BCUT2D eigenvalue weighted by atomic mass is 19.1. The molecule has 0 aliphatic carbocycles. The Kier molecular flexibility index (Phi) is 6.16. The van der Waals surface area contributed by atoms with Crippen molar-refractivity contribution < 1.29 is 18.7 Å². The molecule has 2 rings (SSSR count). The van der Waals surface area contributed by atoms with Crippen molar-refractivity contribution >= 4 is 17.6 Å². The fourth-order valence-electron chi connectivity index (χ4n) is 2.39. The summed E-state index contributed by atoms with van der Waals surface area (Å²) >= 11 is 0. The molecular weight excluding hydrogens is 303 g/mol. The van der Waals surface area contributed by atoms with Gasteiger partial charge in [-0.3, -0.25) is 15.6 Å². The average Bonchev–Trinajstić information content (AvgIpc) is 3.04. The number of anilines is 1. The molecule has 1 aromatic rings. The summed E-state index contributed by atoms with van der Waals surface area (Å²) in [5, 5.41) is 2.71. The van der Waals surface area contributed by atoms with Gasteiger partial charge in [0, 0.05) is 20.2 Å². The van der Waals surface area contributed by atoms with Gasteiger partial charge in [-0.05, 0) is 37.1 Å². The van der Waals surface area contributed by atoms with Crippen LogP contribution in [0.25, 0.3) is 0 Å². The molecule has 0 bridgehead atoms. The van der Waals surface area contributed by atoms with Gasteiger partial charge in [0.25, 0.3) is 5.91 Å². The maximum absolute atomic E-state index is 12.8. The second-order valence-electron chi connectivity index (χ2n) is 5.20. The summed E-state index contributed by atoms with van der Waals surface area (Å²) in [5.74, 6) is -0.648. The molecule has 126 valence electrons. The number of amides is 3. The molecule has 23 heavy (non-hydrogen) atoms. The lowest BCUT2D eigenvalue weighted by Gasteiger charge is -2.24. The second kappa shape index (κ2) is 8.33. The Morgan fingerprint density at radius 3 is 2.78 bits per heavy atom. The smallest absolute Gasteiger partial charge is 0.318 e.